The molecule has 4 rings (SSSR count). The van der Waals surface area contributed by atoms with Crippen LogP contribution in [0.25, 0.3) is 6.08 Å². The SMILES string of the molecule is COc1ccccc1/C=C/C=C1/Oc2cc(OC(=O)c3ccc(F)cc3)ccc2C1=O. The number of ketones is 1. The zero-order valence-electron chi connectivity index (χ0n) is 16.5. The van der Waals surface area contributed by atoms with Gasteiger partial charge in [0.2, 0.25) is 5.78 Å². The van der Waals surface area contributed by atoms with Crippen LogP contribution in [0.15, 0.2) is 84.6 Å². The van der Waals surface area contributed by atoms with E-state index in [0.29, 0.717) is 17.1 Å². The predicted molar refractivity (Wildman–Crippen MR) is 113 cm³/mol. The van der Waals surface area contributed by atoms with Gasteiger partial charge in [-0.25, -0.2) is 9.18 Å². The molecule has 0 saturated carbocycles. The molecule has 1 aliphatic rings. The molecule has 0 bridgehead atoms. The Hall–Kier alpha value is -4.19. The molecule has 0 aromatic heterocycles. The number of Topliss-reactive ketones (excluding diaryl/α,β-unsaturated/α-hetero) is 1. The van der Waals surface area contributed by atoms with Gasteiger partial charge in [0.1, 0.15) is 23.1 Å². The first-order valence-electron chi connectivity index (χ1n) is 9.41. The number of halogens is 1. The highest BCUT2D eigenvalue weighted by Gasteiger charge is 2.27. The third-order valence-corrected chi connectivity index (χ3v) is 4.59. The molecule has 1 aliphatic heterocycles. The number of hydrogen-bond acceptors (Lipinski definition) is 5. The van der Waals surface area contributed by atoms with Crippen molar-refractivity contribution >= 4 is 17.8 Å². The molecule has 0 atom stereocenters. The van der Waals surface area contributed by atoms with Crippen LogP contribution in [0, 0.1) is 5.82 Å². The monoisotopic (exact) mass is 416 g/mol. The molecule has 0 saturated heterocycles. The fraction of sp³-hybridized carbons (Fsp3) is 0.0400. The molecule has 0 unspecified atom stereocenters. The molecule has 3 aromatic carbocycles. The number of methoxy groups -OCH3 is 1. The van der Waals surface area contributed by atoms with Gasteiger partial charge >= 0.3 is 5.97 Å². The van der Waals surface area contributed by atoms with E-state index in [1.165, 1.54) is 42.5 Å². The van der Waals surface area contributed by atoms with Gasteiger partial charge in [-0.3, -0.25) is 4.79 Å². The Balaban J connectivity index is 1.49. The zero-order chi connectivity index (χ0) is 21.8. The minimum absolute atomic E-state index is 0.156. The van der Waals surface area contributed by atoms with Crippen LogP contribution in [-0.4, -0.2) is 18.9 Å². The van der Waals surface area contributed by atoms with Crippen LogP contribution in [-0.2, 0) is 0 Å². The summed E-state index contributed by atoms with van der Waals surface area (Å²) in [6.45, 7) is 0. The topological polar surface area (TPSA) is 61.8 Å². The smallest absolute Gasteiger partial charge is 0.343 e. The molecule has 0 N–H and O–H groups in total. The average molecular weight is 416 g/mol. The maximum Gasteiger partial charge on any atom is 0.343 e. The summed E-state index contributed by atoms with van der Waals surface area (Å²) in [5.41, 5.74) is 1.44. The third kappa shape index (κ3) is 4.38. The van der Waals surface area contributed by atoms with E-state index in [2.05, 4.69) is 0 Å². The molecule has 0 fully saturated rings. The van der Waals surface area contributed by atoms with Crippen molar-refractivity contribution < 1.29 is 28.2 Å². The van der Waals surface area contributed by atoms with Gasteiger partial charge in [-0.1, -0.05) is 30.4 Å². The fourth-order valence-corrected chi connectivity index (χ4v) is 3.04. The highest BCUT2D eigenvalue weighted by molar-refractivity contribution is 6.12. The Labute approximate surface area is 178 Å². The quantitative estimate of drug-likeness (QED) is 0.324. The second kappa shape index (κ2) is 8.67. The van der Waals surface area contributed by atoms with Crippen molar-refractivity contribution in [2.75, 3.05) is 7.11 Å². The number of para-hydroxylation sites is 1. The van der Waals surface area contributed by atoms with E-state index < -0.39 is 11.8 Å². The van der Waals surface area contributed by atoms with Crippen molar-refractivity contribution in [3.8, 4) is 17.2 Å². The van der Waals surface area contributed by atoms with Crippen LogP contribution in [0.3, 0.4) is 0 Å². The molecule has 6 heteroatoms. The molecule has 1 heterocycles. The second-order valence-electron chi connectivity index (χ2n) is 6.62. The normalized spacial score (nSPS) is 13.9. The van der Waals surface area contributed by atoms with Crippen LogP contribution >= 0.6 is 0 Å². The molecule has 154 valence electrons. The summed E-state index contributed by atoms with van der Waals surface area (Å²) in [6, 6.07) is 17.0. The predicted octanol–water partition coefficient (Wildman–Crippen LogP) is 5.23. The van der Waals surface area contributed by atoms with E-state index in [0.717, 1.165) is 5.56 Å². The first kappa shape index (κ1) is 20.1. The zero-order valence-corrected chi connectivity index (χ0v) is 16.5. The van der Waals surface area contributed by atoms with Gasteiger partial charge < -0.3 is 14.2 Å². The molecule has 31 heavy (non-hydrogen) atoms. The average Bonchev–Trinajstić information content (AvgIpc) is 3.09. The Morgan fingerprint density at radius 1 is 1.03 bits per heavy atom. The molecule has 3 aromatic rings. The van der Waals surface area contributed by atoms with Crippen molar-refractivity contribution in [1.82, 2.24) is 0 Å². The molecular formula is C25H17FO5. The van der Waals surface area contributed by atoms with Crippen LogP contribution < -0.4 is 14.2 Å². The van der Waals surface area contributed by atoms with Crippen LogP contribution in [0.2, 0.25) is 0 Å². The number of carbonyl (C=O) groups excluding carboxylic acids is 2. The number of esters is 1. The number of fused-ring (bicyclic) bond motifs is 1. The fourth-order valence-electron chi connectivity index (χ4n) is 3.04. The number of hydrogen-bond donors (Lipinski definition) is 0. The van der Waals surface area contributed by atoms with Crippen molar-refractivity contribution in [2.24, 2.45) is 0 Å². The maximum atomic E-state index is 13.0. The lowest BCUT2D eigenvalue weighted by Gasteiger charge is -2.05. The standard InChI is InChI=1S/C25H17FO5/c1-29-21-7-3-2-5-16(21)6-4-8-22-24(27)20-14-13-19(15-23(20)31-22)30-25(28)17-9-11-18(26)12-10-17/h2-15H,1H3/b6-4+,22-8+. The van der Waals surface area contributed by atoms with Crippen molar-refractivity contribution in [3.63, 3.8) is 0 Å². The van der Waals surface area contributed by atoms with Crippen LogP contribution in [0.5, 0.6) is 17.2 Å². The highest BCUT2D eigenvalue weighted by Crippen LogP contribution is 2.34. The second-order valence-corrected chi connectivity index (χ2v) is 6.62. The van der Waals surface area contributed by atoms with Crippen LogP contribution in [0.4, 0.5) is 4.39 Å². The summed E-state index contributed by atoms with van der Waals surface area (Å²) in [5.74, 6) is 0.0313. The van der Waals surface area contributed by atoms with Gasteiger partial charge in [-0.15, -0.1) is 0 Å². The molecular weight excluding hydrogens is 399 g/mol. The van der Waals surface area contributed by atoms with E-state index in [1.54, 1.807) is 25.3 Å². The van der Waals surface area contributed by atoms with E-state index >= 15 is 0 Å². The van der Waals surface area contributed by atoms with Gasteiger partial charge in [-0.05, 0) is 48.5 Å². The summed E-state index contributed by atoms with van der Waals surface area (Å²) in [4.78, 5) is 24.8. The number of benzene rings is 3. The summed E-state index contributed by atoms with van der Waals surface area (Å²) in [6.07, 6.45) is 5.08. The molecule has 0 amide bonds. The van der Waals surface area contributed by atoms with Gasteiger partial charge in [-0.2, -0.15) is 0 Å². The minimum Gasteiger partial charge on any atom is -0.496 e. The lowest BCUT2D eigenvalue weighted by atomic mass is 10.1. The highest BCUT2D eigenvalue weighted by atomic mass is 19.1. The Morgan fingerprint density at radius 2 is 1.81 bits per heavy atom. The van der Waals surface area contributed by atoms with Crippen molar-refractivity contribution in [2.45, 2.75) is 0 Å². The number of carbonyl (C=O) groups is 2. The summed E-state index contributed by atoms with van der Waals surface area (Å²) < 4.78 is 29.2. The first-order valence-corrected chi connectivity index (χ1v) is 9.41. The summed E-state index contributed by atoms with van der Waals surface area (Å²) >= 11 is 0. The molecule has 0 spiro atoms. The number of ether oxygens (including phenoxy) is 3. The van der Waals surface area contributed by atoms with E-state index in [1.807, 2.05) is 24.3 Å². The van der Waals surface area contributed by atoms with Crippen molar-refractivity contribution in [1.29, 1.82) is 0 Å². The van der Waals surface area contributed by atoms with E-state index in [4.69, 9.17) is 14.2 Å². The molecule has 0 radical (unpaired) electrons. The van der Waals surface area contributed by atoms with E-state index in [9.17, 15) is 14.0 Å². The van der Waals surface area contributed by atoms with Gasteiger partial charge in [0.15, 0.2) is 5.76 Å². The van der Waals surface area contributed by atoms with Gasteiger partial charge in [0.05, 0.1) is 18.2 Å². The molecule has 0 aliphatic carbocycles. The number of allylic oxidation sites excluding steroid dienone is 3. The lowest BCUT2D eigenvalue weighted by Crippen LogP contribution is -2.08. The summed E-state index contributed by atoms with van der Waals surface area (Å²) in [7, 11) is 1.59. The first-order chi connectivity index (χ1) is 15.0. The van der Waals surface area contributed by atoms with Crippen molar-refractivity contribution in [3.05, 3.63) is 107 Å². The van der Waals surface area contributed by atoms with Gasteiger partial charge in [0.25, 0.3) is 0 Å². The summed E-state index contributed by atoms with van der Waals surface area (Å²) in [5, 5.41) is 0. The van der Waals surface area contributed by atoms with Crippen LogP contribution in [0.1, 0.15) is 26.3 Å². The third-order valence-electron chi connectivity index (χ3n) is 4.59. The Bertz CT molecular complexity index is 1210. The maximum absolute atomic E-state index is 13.0. The number of rotatable bonds is 5. The molecule has 5 nitrogen and oxygen atoms in total. The minimum atomic E-state index is -0.639. The Morgan fingerprint density at radius 3 is 2.58 bits per heavy atom. The van der Waals surface area contributed by atoms with E-state index in [-0.39, 0.29) is 22.9 Å². The largest absolute Gasteiger partial charge is 0.496 e. The Kier molecular flexibility index (Phi) is 5.62. The van der Waals surface area contributed by atoms with Gasteiger partial charge in [0, 0.05) is 11.6 Å². The lowest BCUT2D eigenvalue weighted by molar-refractivity contribution is 0.0734.